The van der Waals surface area contributed by atoms with E-state index in [0.717, 1.165) is 32.5 Å². The number of aromatic nitrogens is 3. The van der Waals surface area contributed by atoms with Gasteiger partial charge in [-0.3, -0.25) is 0 Å². The smallest absolute Gasteiger partial charge is 0.323 e. The lowest BCUT2D eigenvalue weighted by molar-refractivity contribution is 0.145. The van der Waals surface area contributed by atoms with Gasteiger partial charge in [0.1, 0.15) is 0 Å². The molecule has 7 heteroatoms. The number of aliphatic hydroxyl groups excluding tert-OH is 1. The van der Waals surface area contributed by atoms with Crippen molar-refractivity contribution in [1.29, 1.82) is 0 Å². The predicted molar refractivity (Wildman–Crippen MR) is 72.6 cm³/mol. The maximum Gasteiger partial charge on any atom is 0.323 e. The second-order valence-corrected chi connectivity index (χ2v) is 4.42. The van der Waals surface area contributed by atoms with Gasteiger partial charge in [-0.2, -0.15) is 15.0 Å². The highest BCUT2D eigenvalue weighted by Crippen LogP contribution is 2.19. The summed E-state index contributed by atoms with van der Waals surface area (Å²) in [6.07, 6.45) is 1.27. The van der Waals surface area contributed by atoms with Crippen LogP contribution in [0.4, 0.5) is 11.9 Å². The Morgan fingerprint density at radius 1 is 1.26 bits per heavy atom. The van der Waals surface area contributed by atoms with Gasteiger partial charge in [0.2, 0.25) is 11.9 Å². The molecule has 1 aliphatic heterocycles. The lowest BCUT2D eigenvalue weighted by atomic mass is 10.1. The highest BCUT2D eigenvalue weighted by atomic mass is 16.5. The third-order valence-electron chi connectivity index (χ3n) is 2.96. The van der Waals surface area contributed by atoms with Crippen molar-refractivity contribution in [3.05, 3.63) is 0 Å². The number of nitrogens with one attached hydrogen (secondary N) is 1. The van der Waals surface area contributed by atoms with E-state index in [4.69, 9.17) is 4.74 Å². The van der Waals surface area contributed by atoms with E-state index < -0.39 is 0 Å². The third-order valence-corrected chi connectivity index (χ3v) is 2.96. The maximum absolute atomic E-state index is 9.53. The summed E-state index contributed by atoms with van der Waals surface area (Å²) in [5.41, 5.74) is 0. The Morgan fingerprint density at radius 3 is 2.63 bits per heavy atom. The summed E-state index contributed by atoms with van der Waals surface area (Å²) < 4.78 is 5.37. The minimum atomic E-state index is -0.210. The Bertz CT molecular complexity index is 383. The molecule has 19 heavy (non-hydrogen) atoms. The van der Waals surface area contributed by atoms with E-state index in [1.807, 2.05) is 13.8 Å². The van der Waals surface area contributed by atoms with Crippen LogP contribution < -0.4 is 15.0 Å². The first kappa shape index (κ1) is 13.8. The van der Waals surface area contributed by atoms with Crippen LogP contribution in [0.25, 0.3) is 0 Å². The Balaban J connectivity index is 2.17. The fraction of sp³-hybridized carbons (Fsp3) is 0.750. The van der Waals surface area contributed by atoms with Gasteiger partial charge in [-0.15, -0.1) is 0 Å². The largest absolute Gasteiger partial charge is 0.464 e. The highest BCUT2D eigenvalue weighted by Gasteiger charge is 2.20. The fourth-order valence-electron chi connectivity index (χ4n) is 1.98. The number of ether oxygens (including phenoxy) is 1. The normalized spacial score (nSPS) is 16.5. The Morgan fingerprint density at radius 2 is 2.00 bits per heavy atom. The zero-order valence-electron chi connectivity index (χ0n) is 11.5. The van der Waals surface area contributed by atoms with Crippen LogP contribution in [0, 0.1) is 0 Å². The monoisotopic (exact) mass is 267 g/mol. The van der Waals surface area contributed by atoms with E-state index in [2.05, 4.69) is 25.2 Å². The van der Waals surface area contributed by atoms with Crippen molar-refractivity contribution < 1.29 is 9.84 Å². The van der Waals surface area contributed by atoms with Gasteiger partial charge in [0, 0.05) is 19.6 Å². The lowest BCUT2D eigenvalue weighted by Crippen LogP contribution is -2.37. The van der Waals surface area contributed by atoms with E-state index >= 15 is 0 Å². The molecule has 0 unspecified atom stereocenters. The summed E-state index contributed by atoms with van der Waals surface area (Å²) in [5.74, 6) is 1.14. The molecular weight excluding hydrogens is 246 g/mol. The average molecular weight is 267 g/mol. The molecule has 0 aliphatic carbocycles. The summed E-state index contributed by atoms with van der Waals surface area (Å²) in [5, 5.41) is 12.6. The first-order valence-corrected chi connectivity index (χ1v) is 6.78. The highest BCUT2D eigenvalue weighted by molar-refractivity contribution is 5.38. The molecule has 0 saturated carbocycles. The molecule has 7 nitrogen and oxygen atoms in total. The molecule has 1 fully saturated rings. The molecule has 106 valence electrons. The number of anilines is 2. The molecule has 1 saturated heterocycles. The number of aliphatic hydroxyl groups is 1. The predicted octanol–water partition coefficient (Wildman–Crippen LogP) is 0.663. The topological polar surface area (TPSA) is 83.4 Å². The molecule has 0 bridgehead atoms. The fourth-order valence-corrected chi connectivity index (χ4v) is 1.98. The van der Waals surface area contributed by atoms with Gasteiger partial charge in [-0.05, 0) is 26.7 Å². The summed E-state index contributed by atoms with van der Waals surface area (Å²) >= 11 is 0. The van der Waals surface area contributed by atoms with Crippen LogP contribution in [0.3, 0.4) is 0 Å². The van der Waals surface area contributed by atoms with Crippen LogP contribution in [0.15, 0.2) is 0 Å². The zero-order valence-corrected chi connectivity index (χ0v) is 11.5. The van der Waals surface area contributed by atoms with Crippen LogP contribution in [-0.2, 0) is 0 Å². The van der Waals surface area contributed by atoms with Crippen molar-refractivity contribution in [2.75, 3.05) is 36.5 Å². The van der Waals surface area contributed by atoms with E-state index in [1.54, 1.807) is 0 Å². The first-order chi connectivity index (χ1) is 9.22. The second-order valence-electron chi connectivity index (χ2n) is 4.42. The molecule has 0 amide bonds. The van der Waals surface area contributed by atoms with Crippen molar-refractivity contribution in [3.63, 3.8) is 0 Å². The summed E-state index contributed by atoms with van der Waals surface area (Å²) in [6.45, 7) is 6.65. The third kappa shape index (κ3) is 3.66. The molecule has 1 aromatic heterocycles. The van der Waals surface area contributed by atoms with Crippen molar-refractivity contribution in [2.24, 2.45) is 0 Å². The van der Waals surface area contributed by atoms with E-state index in [9.17, 15) is 5.11 Å². The first-order valence-electron chi connectivity index (χ1n) is 6.78. The van der Waals surface area contributed by atoms with Crippen molar-refractivity contribution >= 4 is 11.9 Å². The van der Waals surface area contributed by atoms with Crippen LogP contribution in [0.2, 0.25) is 0 Å². The molecule has 2 heterocycles. The Kier molecular flexibility index (Phi) is 4.73. The molecule has 2 N–H and O–H groups in total. The van der Waals surface area contributed by atoms with Gasteiger partial charge in [0.25, 0.3) is 0 Å². The number of hydrogen-bond donors (Lipinski definition) is 2. The quantitative estimate of drug-likeness (QED) is 0.811. The number of rotatable bonds is 5. The Hall–Kier alpha value is -1.63. The number of nitrogens with zero attached hydrogens (tertiary/aromatic N) is 4. The summed E-state index contributed by atoms with van der Waals surface area (Å²) in [6, 6.07) is 0.342. The van der Waals surface area contributed by atoms with E-state index in [1.165, 1.54) is 0 Å². The van der Waals surface area contributed by atoms with Crippen molar-refractivity contribution in [1.82, 2.24) is 15.0 Å². The van der Waals surface area contributed by atoms with Crippen LogP contribution in [-0.4, -0.2) is 52.4 Å². The molecule has 0 spiro atoms. The summed E-state index contributed by atoms with van der Waals surface area (Å²) in [4.78, 5) is 14.9. The standard InChI is InChI=1S/C12H21N5O2/c1-3-13-10-14-11(16-12(15-10)19-4-2)17-7-5-9(18)6-8-17/h9,18H,3-8H2,1-2H3,(H,13,14,15,16). The van der Waals surface area contributed by atoms with Gasteiger partial charge < -0.3 is 20.1 Å². The van der Waals surface area contributed by atoms with Gasteiger partial charge >= 0.3 is 6.01 Å². The van der Waals surface area contributed by atoms with Gasteiger partial charge in [0.05, 0.1) is 12.7 Å². The van der Waals surface area contributed by atoms with Crippen molar-refractivity contribution in [3.8, 4) is 6.01 Å². The number of piperidine rings is 1. The minimum Gasteiger partial charge on any atom is -0.464 e. The molecular formula is C12H21N5O2. The molecule has 1 aromatic rings. The van der Waals surface area contributed by atoms with Crippen LogP contribution in [0.1, 0.15) is 26.7 Å². The number of hydrogen-bond acceptors (Lipinski definition) is 7. The zero-order chi connectivity index (χ0) is 13.7. The van der Waals surface area contributed by atoms with Gasteiger partial charge in [0.15, 0.2) is 0 Å². The lowest BCUT2D eigenvalue weighted by Gasteiger charge is -2.29. The van der Waals surface area contributed by atoms with Crippen molar-refractivity contribution in [2.45, 2.75) is 32.8 Å². The van der Waals surface area contributed by atoms with E-state index in [0.29, 0.717) is 24.5 Å². The van der Waals surface area contributed by atoms with E-state index in [-0.39, 0.29) is 6.10 Å². The second kappa shape index (κ2) is 6.51. The molecule has 0 atom stereocenters. The van der Waals surface area contributed by atoms with Crippen LogP contribution in [0.5, 0.6) is 6.01 Å². The average Bonchev–Trinajstić information content (AvgIpc) is 2.40. The Labute approximate surface area is 113 Å². The molecule has 1 aliphatic rings. The molecule has 2 rings (SSSR count). The summed E-state index contributed by atoms with van der Waals surface area (Å²) in [7, 11) is 0. The maximum atomic E-state index is 9.53. The minimum absolute atomic E-state index is 0.210. The van der Waals surface area contributed by atoms with Gasteiger partial charge in [-0.25, -0.2) is 0 Å². The van der Waals surface area contributed by atoms with Gasteiger partial charge in [-0.1, -0.05) is 0 Å². The SMILES string of the molecule is CCNc1nc(OCC)nc(N2CCC(O)CC2)n1. The molecule has 0 aromatic carbocycles. The molecule has 0 radical (unpaired) electrons. The van der Waals surface area contributed by atoms with Crippen LogP contribution >= 0.6 is 0 Å².